The fourth-order valence-electron chi connectivity index (χ4n) is 3.80. The van der Waals surface area contributed by atoms with Crippen LogP contribution in [0, 0.1) is 6.92 Å². The van der Waals surface area contributed by atoms with E-state index in [9.17, 15) is 9.59 Å². The van der Waals surface area contributed by atoms with Gasteiger partial charge < -0.3 is 9.88 Å². The van der Waals surface area contributed by atoms with Crippen LogP contribution in [0.4, 0.5) is 5.69 Å². The second-order valence-corrected chi connectivity index (χ2v) is 7.65. The summed E-state index contributed by atoms with van der Waals surface area (Å²) in [6, 6.07) is 15.2. The third-order valence-corrected chi connectivity index (χ3v) is 5.44. The first-order chi connectivity index (χ1) is 14.0. The van der Waals surface area contributed by atoms with E-state index >= 15 is 0 Å². The molecule has 4 rings (SSSR count). The number of benzene rings is 2. The van der Waals surface area contributed by atoms with Crippen molar-refractivity contribution in [3.8, 4) is 11.4 Å². The summed E-state index contributed by atoms with van der Waals surface area (Å²) >= 11 is 0. The number of carbonyl (C=O) groups is 2. The Morgan fingerprint density at radius 2 is 1.69 bits per heavy atom. The van der Waals surface area contributed by atoms with Gasteiger partial charge in [0.2, 0.25) is 0 Å². The van der Waals surface area contributed by atoms with E-state index in [1.807, 2.05) is 0 Å². The quantitative estimate of drug-likeness (QED) is 0.638. The normalized spacial score (nSPS) is 13.4. The maximum Gasteiger partial charge on any atom is 0.276 e. The summed E-state index contributed by atoms with van der Waals surface area (Å²) in [6.45, 7) is 4.47. The number of ketones is 1. The van der Waals surface area contributed by atoms with E-state index < -0.39 is 0 Å². The van der Waals surface area contributed by atoms with Crippen molar-refractivity contribution in [2.75, 3.05) is 5.32 Å². The number of Topliss-reactive ketones (excluding diaryl/α,β-unsaturated/α-hetero) is 1. The van der Waals surface area contributed by atoms with Crippen molar-refractivity contribution in [2.45, 2.75) is 46.1 Å². The van der Waals surface area contributed by atoms with Crippen LogP contribution in [0.25, 0.3) is 11.4 Å². The standard InChI is InChI=1S/C24H25N3O2/c1-16-7-9-19(10-8-16)23-26-22(21-6-4-3-5-15-27(21)23)24(29)25-20-13-11-18(12-14-20)17(2)28/h7-14H,3-6,15H2,1-2H3,(H,25,29). The van der Waals surface area contributed by atoms with Gasteiger partial charge in [0.05, 0.1) is 5.69 Å². The van der Waals surface area contributed by atoms with Gasteiger partial charge in [-0.1, -0.05) is 36.2 Å². The molecule has 1 amide bonds. The molecule has 0 bridgehead atoms. The average molecular weight is 387 g/mol. The van der Waals surface area contributed by atoms with Gasteiger partial charge in [0.25, 0.3) is 5.91 Å². The highest BCUT2D eigenvalue weighted by Gasteiger charge is 2.24. The number of hydrogen-bond acceptors (Lipinski definition) is 3. The molecule has 0 spiro atoms. The Morgan fingerprint density at radius 3 is 2.38 bits per heavy atom. The summed E-state index contributed by atoms with van der Waals surface area (Å²) in [5, 5.41) is 2.94. The molecule has 0 radical (unpaired) electrons. The number of carbonyl (C=O) groups excluding carboxylic acids is 2. The van der Waals surface area contributed by atoms with Crippen LogP contribution in [0.5, 0.6) is 0 Å². The van der Waals surface area contributed by atoms with Crippen LogP contribution < -0.4 is 5.32 Å². The maximum atomic E-state index is 13.1. The Hall–Kier alpha value is -3.21. The Bertz CT molecular complexity index is 1050. The second kappa shape index (κ2) is 8.03. The van der Waals surface area contributed by atoms with Gasteiger partial charge in [-0.05, 0) is 57.4 Å². The first kappa shape index (κ1) is 19.1. The van der Waals surface area contributed by atoms with E-state index in [0.717, 1.165) is 49.3 Å². The highest BCUT2D eigenvalue weighted by atomic mass is 16.2. The van der Waals surface area contributed by atoms with Crippen LogP contribution in [-0.2, 0) is 13.0 Å². The fraction of sp³-hybridized carbons (Fsp3) is 0.292. The van der Waals surface area contributed by atoms with Crippen molar-refractivity contribution >= 4 is 17.4 Å². The maximum absolute atomic E-state index is 13.1. The largest absolute Gasteiger partial charge is 0.327 e. The van der Waals surface area contributed by atoms with Gasteiger partial charge in [-0.25, -0.2) is 4.98 Å². The number of amides is 1. The van der Waals surface area contributed by atoms with E-state index in [0.29, 0.717) is 16.9 Å². The number of rotatable bonds is 4. The lowest BCUT2D eigenvalue weighted by atomic mass is 10.1. The fourth-order valence-corrected chi connectivity index (χ4v) is 3.80. The summed E-state index contributed by atoms with van der Waals surface area (Å²) in [5.41, 5.74) is 5.02. The molecular formula is C24H25N3O2. The molecule has 1 aromatic heterocycles. The zero-order valence-corrected chi connectivity index (χ0v) is 16.9. The molecule has 5 heteroatoms. The van der Waals surface area contributed by atoms with Crippen LogP contribution in [0.1, 0.15) is 58.3 Å². The molecule has 2 heterocycles. The summed E-state index contributed by atoms with van der Waals surface area (Å²) in [7, 11) is 0. The van der Waals surface area contributed by atoms with Crippen LogP contribution in [0.15, 0.2) is 48.5 Å². The molecular weight excluding hydrogens is 362 g/mol. The van der Waals surface area contributed by atoms with Gasteiger partial charge in [-0.2, -0.15) is 0 Å². The van der Waals surface area contributed by atoms with Crippen LogP contribution >= 0.6 is 0 Å². The Balaban J connectivity index is 1.68. The number of hydrogen-bond donors (Lipinski definition) is 1. The van der Waals surface area contributed by atoms with Gasteiger partial charge in [0.15, 0.2) is 5.78 Å². The van der Waals surface area contributed by atoms with E-state index in [1.165, 1.54) is 12.5 Å². The van der Waals surface area contributed by atoms with Crippen molar-refractivity contribution in [3.63, 3.8) is 0 Å². The molecule has 148 valence electrons. The lowest BCUT2D eigenvalue weighted by Crippen LogP contribution is -2.15. The molecule has 29 heavy (non-hydrogen) atoms. The topological polar surface area (TPSA) is 64.0 Å². The average Bonchev–Trinajstić information content (AvgIpc) is 2.90. The zero-order chi connectivity index (χ0) is 20.4. The third-order valence-electron chi connectivity index (χ3n) is 5.44. The van der Waals surface area contributed by atoms with Crippen molar-refractivity contribution < 1.29 is 9.59 Å². The Labute approximate surface area is 170 Å². The van der Waals surface area contributed by atoms with Crippen molar-refractivity contribution in [1.29, 1.82) is 0 Å². The minimum Gasteiger partial charge on any atom is -0.327 e. The van der Waals surface area contributed by atoms with Gasteiger partial charge in [-0.3, -0.25) is 9.59 Å². The Morgan fingerprint density at radius 1 is 0.966 bits per heavy atom. The summed E-state index contributed by atoms with van der Waals surface area (Å²) in [4.78, 5) is 29.3. The van der Waals surface area contributed by atoms with Gasteiger partial charge in [0, 0.05) is 23.4 Å². The Kier molecular flexibility index (Phi) is 5.30. The number of imidazole rings is 1. The number of anilines is 1. The van der Waals surface area contributed by atoms with Crippen molar-refractivity contribution in [3.05, 3.63) is 71.0 Å². The van der Waals surface area contributed by atoms with E-state index in [4.69, 9.17) is 4.98 Å². The predicted molar refractivity (Wildman–Crippen MR) is 114 cm³/mol. The highest BCUT2D eigenvalue weighted by Crippen LogP contribution is 2.28. The lowest BCUT2D eigenvalue weighted by molar-refractivity contribution is 0.101. The summed E-state index contributed by atoms with van der Waals surface area (Å²) in [5.74, 6) is 0.661. The van der Waals surface area contributed by atoms with Crippen molar-refractivity contribution in [1.82, 2.24) is 9.55 Å². The molecule has 5 nitrogen and oxygen atoms in total. The number of aromatic nitrogens is 2. The van der Waals surface area contributed by atoms with Crippen LogP contribution in [0.3, 0.4) is 0 Å². The highest BCUT2D eigenvalue weighted by molar-refractivity contribution is 6.04. The number of nitrogens with one attached hydrogen (secondary N) is 1. The summed E-state index contributed by atoms with van der Waals surface area (Å²) < 4.78 is 2.21. The van der Waals surface area contributed by atoms with Gasteiger partial charge in [0.1, 0.15) is 11.5 Å². The van der Waals surface area contributed by atoms with Crippen LogP contribution in [-0.4, -0.2) is 21.2 Å². The molecule has 0 aliphatic carbocycles. The molecule has 0 unspecified atom stereocenters. The van der Waals surface area contributed by atoms with E-state index in [-0.39, 0.29) is 11.7 Å². The molecule has 3 aromatic rings. The molecule has 0 fully saturated rings. The molecule has 0 saturated carbocycles. The molecule has 0 atom stereocenters. The minimum absolute atomic E-state index is 0.00466. The van der Waals surface area contributed by atoms with Gasteiger partial charge in [-0.15, -0.1) is 0 Å². The molecule has 1 N–H and O–H groups in total. The molecule has 2 aromatic carbocycles. The first-order valence-corrected chi connectivity index (χ1v) is 10.1. The zero-order valence-electron chi connectivity index (χ0n) is 16.9. The minimum atomic E-state index is -0.204. The number of aryl methyl sites for hydroxylation is 1. The predicted octanol–water partition coefficient (Wildman–Crippen LogP) is 5.04. The lowest BCUT2D eigenvalue weighted by Gasteiger charge is -2.09. The van der Waals surface area contributed by atoms with E-state index in [2.05, 4.69) is 41.1 Å². The molecule has 0 saturated heterocycles. The third kappa shape index (κ3) is 3.99. The van der Waals surface area contributed by atoms with E-state index in [1.54, 1.807) is 24.3 Å². The van der Waals surface area contributed by atoms with Crippen molar-refractivity contribution in [2.24, 2.45) is 0 Å². The van der Waals surface area contributed by atoms with Gasteiger partial charge >= 0.3 is 0 Å². The molecule has 1 aliphatic heterocycles. The first-order valence-electron chi connectivity index (χ1n) is 10.1. The summed E-state index contributed by atoms with van der Waals surface area (Å²) in [6.07, 6.45) is 4.16. The SMILES string of the molecule is CC(=O)c1ccc(NC(=O)c2nc(-c3ccc(C)cc3)n3c2CCCCC3)cc1. The molecule has 1 aliphatic rings. The number of nitrogens with zero attached hydrogens (tertiary/aromatic N) is 2. The second-order valence-electron chi connectivity index (χ2n) is 7.65. The van der Waals surface area contributed by atoms with Crippen LogP contribution in [0.2, 0.25) is 0 Å². The number of fused-ring (bicyclic) bond motifs is 1. The monoisotopic (exact) mass is 387 g/mol. The smallest absolute Gasteiger partial charge is 0.276 e.